The number of rotatable bonds is 8. The van der Waals surface area contributed by atoms with Crippen LogP contribution in [0.5, 0.6) is 0 Å². The summed E-state index contributed by atoms with van der Waals surface area (Å²) in [6.45, 7) is 2.54. The number of aliphatic carboxylic acids is 1. The molecule has 7 nitrogen and oxygen atoms in total. The first-order valence-corrected chi connectivity index (χ1v) is 9.25. The maximum atomic E-state index is 12.3. The van der Waals surface area contributed by atoms with E-state index in [4.69, 9.17) is 9.84 Å². The SMILES string of the molecule is CN(CC(=O)O)CC1CN(C(=O)NCCSc2ccccc2)CCO1. The molecule has 1 aliphatic heterocycles. The highest BCUT2D eigenvalue weighted by Gasteiger charge is 2.25. The van der Waals surface area contributed by atoms with E-state index in [0.29, 0.717) is 32.8 Å². The zero-order valence-electron chi connectivity index (χ0n) is 14.4. The third-order valence-corrected chi connectivity index (χ3v) is 4.75. The van der Waals surface area contributed by atoms with Crippen molar-refractivity contribution in [2.45, 2.75) is 11.0 Å². The van der Waals surface area contributed by atoms with Crippen LogP contribution in [-0.4, -0.2) is 85.1 Å². The number of ether oxygens (including phenoxy) is 1. The van der Waals surface area contributed by atoms with Gasteiger partial charge in [-0.2, -0.15) is 0 Å². The van der Waals surface area contributed by atoms with E-state index < -0.39 is 5.97 Å². The van der Waals surface area contributed by atoms with Crippen LogP contribution in [0.4, 0.5) is 4.79 Å². The smallest absolute Gasteiger partial charge is 0.317 e. The van der Waals surface area contributed by atoms with Crippen molar-refractivity contribution in [1.82, 2.24) is 15.1 Å². The number of urea groups is 1. The van der Waals surface area contributed by atoms with Crippen LogP contribution in [0, 0.1) is 0 Å². The number of hydrogen-bond acceptors (Lipinski definition) is 5. The first-order chi connectivity index (χ1) is 12.0. The lowest BCUT2D eigenvalue weighted by Crippen LogP contribution is -2.52. The van der Waals surface area contributed by atoms with Gasteiger partial charge in [0.2, 0.25) is 0 Å². The minimum absolute atomic E-state index is 0.0389. The summed E-state index contributed by atoms with van der Waals surface area (Å²) in [4.78, 5) is 27.6. The first-order valence-electron chi connectivity index (χ1n) is 8.27. The van der Waals surface area contributed by atoms with Gasteiger partial charge < -0.3 is 20.1 Å². The first kappa shape index (κ1) is 19.6. The number of benzene rings is 1. The number of carbonyl (C=O) groups is 2. The van der Waals surface area contributed by atoms with Crippen molar-refractivity contribution < 1.29 is 19.4 Å². The summed E-state index contributed by atoms with van der Waals surface area (Å²) in [5.41, 5.74) is 0. The van der Waals surface area contributed by atoms with Crippen molar-refractivity contribution in [2.75, 3.05) is 52.1 Å². The number of likely N-dealkylation sites (N-methyl/N-ethyl adjacent to an activating group) is 1. The van der Waals surface area contributed by atoms with E-state index in [0.717, 1.165) is 5.75 Å². The Morgan fingerprint density at radius 1 is 1.40 bits per heavy atom. The molecular weight excluding hydrogens is 342 g/mol. The van der Waals surface area contributed by atoms with Gasteiger partial charge >= 0.3 is 12.0 Å². The maximum Gasteiger partial charge on any atom is 0.317 e. The van der Waals surface area contributed by atoms with Crippen molar-refractivity contribution >= 4 is 23.8 Å². The van der Waals surface area contributed by atoms with Crippen molar-refractivity contribution in [3.63, 3.8) is 0 Å². The summed E-state index contributed by atoms with van der Waals surface area (Å²) in [7, 11) is 1.73. The minimum Gasteiger partial charge on any atom is -0.480 e. The Balaban J connectivity index is 1.67. The molecule has 0 bridgehead atoms. The fourth-order valence-electron chi connectivity index (χ4n) is 2.61. The third kappa shape index (κ3) is 7.33. The molecule has 25 heavy (non-hydrogen) atoms. The molecule has 0 aromatic heterocycles. The number of hydrogen-bond donors (Lipinski definition) is 2. The average molecular weight is 367 g/mol. The Morgan fingerprint density at radius 2 is 2.16 bits per heavy atom. The second-order valence-corrected chi connectivity index (χ2v) is 7.09. The van der Waals surface area contributed by atoms with Gasteiger partial charge in [0.05, 0.1) is 19.3 Å². The summed E-state index contributed by atoms with van der Waals surface area (Å²) < 4.78 is 5.63. The van der Waals surface area contributed by atoms with Gasteiger partial charge in [-0.05, 0) is 19.2 Å². The molecule has 1 saturated heterocycles. The van der Waals surface area contributed by atoms with E-state index in [1.54, 1.807) is 28.6 Å². The number of carbonyl (C=O) groups excluding carboxylic acids is 1. The summed E-state index contributed by atoms with van der Waals surface area (Å²) in [5, 5.41) is 11.7. The number of morpholine rings is 1. The molecular formula is C17H25N3O4S. The van der Waals surface area contributed by atoms with Crippen LogP contribution in [-0.2, 0) is 9.53 Å². The summed E-state index contributed by atoms with van der Waals surface area (Å²) in [5.74, 6) is -0.0611. The Kier molecular flexibility index (Phi) is 8.03. The van der Waals surface area contributed by atoms with Crippen LogP contribution in [0.3, 0.4) is 0 Å². The van der Waals surface area contributed by atoms with Gasteiger partial charge in [0, 0.05) is 36.8 Å². The predicted molar refractivity (Wildman–Crippen MR) is 97.0 cm³/mol. The molecule has 0 aliphatic carbocycles. The molecule has 1 unspecified atom stereocenters. The Labute approximate surface area is 152 Å². The van der Waals surface area contributed by atoms with Crippen molar-refractivity contribution in [3.8, 4) is 0 Å². The van der Waals surface area contributed by atoms with Gasteiger partial charge in [0.1, 0.15) is 0 Å². The maximum absolute atomic E-state index is 12.3. The molecule has 0 spiro atoms. The fourth-order valence-corrected chi connectivity index (χ4v) is 3.40. The van der Waals surface area contributed by atoms with Gasteiger partial charge in [-0.25, -0.2) is 4.79 Å². The number of nitrogens with one attached hydrogen (secondary N) is 1. The molecule has 0 radical (unpaired) electrons. The van der Waals surface area contributed by atoms with Crippen molar-refractivity contribution in [2.24, 2.45) is 0 Å². The quantitative estimate of drug-likeness (QED) is 0.531. The molecule has 8 heteroatoms. The molecule has 1 fully saturated rings. The van der Waals surface area contributed by atoms with Gasteiger partial charge in [-0.1, -0.05) is 18.2 Å². The van der Waals surface area contributed by atoms with Gasteiger partial charge in [-0.15, -0.1) is 11.8 Å². The topological polar surface area (TPSA) is 82.1 Å². The van der Waals surface area contributed by atoms with E-state index in [1.807, 2.05) is 30.3 Å². The summed E-state index contributed by atoms with van der Waals surface area (Å²) >= 11 is 1.70. The highest BCUT2D eigenvalue weighted by molar-refractivity contribution is 7.99. The molecule has 1 aromatic carbocycles. The van der Waals surface area contributed by atoms with E-state index in [9.17, 15) is 9.59 Å². The zero-order valence-corrected chi connectivity index (χ0v) is 15.2. The van der Waals surface area contributed by atoms with E-state index in [1.165, 1.54) is 4.90 Å². The van der Waals surface area contributed by atoms with E-state index >= 15 is 0 Å². The standard InChI is InChI=1S/C17H25N3O4S/c1-19(13-16(21)22)11-14-12-20(8-9-24-14)17(23)18-7-10-25-15-5-3-2-4-6-15/h2-6,14H,7-13H2,1H3,(H,18,23)(H,21,22). The van der Waals surface area contributed by atoms with Crippen LogP contribution in [0.25, 0.3) is 0 Å². The zero-order chi connectivity index (χ0) is 18.1. The molecule has 2 rings (SSSR count). The van der Waals surface area contributed by atoms with Gasteiger partial charge in [0.25, 0.3) is 0 Å². The lowest BCUT2D eigenvalue weighted by atomic mass is 10.2. The van der Waals surface area contributed by atoms with Gasteiger partial charge in [-0.3, -0.25) is 9.69 Å². The largest absolute Gasteiger partial charge is 0.480 e. The van der Waals surface area contributed by atoms with Crippen LogP contribution < -0.4 is 5.32 Å². The molecule has 1 aromatic rings. The predicted octanol–water partition coefficient (Wildman–Crippen LogP) is 1.21. The van der Waals surface area contributed by atoms with Crippen molar-refractivity contribution in [3.05, 3.63) is 30.3 Å². The van der Waals surface area contributed by atoms with Crippen LogP contribution >= 0.6 is 11.8 Å². The summed E-state index contributed by atoms with van der Waals surface area (Å²) in [6.07, 6.45) is -0.164. The number of carboxylic acid groups (broad SMARTS) is 1. The average Bonchev–Trinajstić information content (AvgIpc) is 2.59. The van der Waals surface area contributed by atoms with Crippen molar-refractivity contribution in [1.29, 1.82) is 0 Å². The third-order valence-electron chi connectivity index (χ3n) is 3.74. The van der Waals surface area contributed by atoms with Crippen LogP contribution in [0.1, 0.15) is 0 Å². The second-order valence-electron chi connectivity index (χ2n) is 5.92. The molecule has 1 heterocycles. The monoisotopic (exact) mass is 367 g/mol. The molecule has 1 aliphatic rings. The molecule has 2 amide bonds. The second kappa shape index (κ2) is 10.3. The number of amides is 2. The molecule has 2 N–H and O–H groups in total. The fraction of sp³-hybridized carbons (Fsp3) is 0.529. The highest BCUT2D eigenvalue weighted by Crippen LogP contribution is 2.15. The molecule has 138 valence electrons. The van der Waals surface area contributed by atoms with Crippen LogP contribution in [0.2, 0.25) is 0 Å². The number of carboxylic acids is 1. The molecule has 1 atom stereocenters. The highest BCUT2D eigenvalue weighted by atomic mass is 32.2. The number of thioether (sulfide) groups is 1. The Morgan fingerprint density at radius 3 is 2.88 bits per heavy atom. The minimum atomic E-state index is -0.871. The van der Waals surface area contributed by atoms with Gasteiger partial charge in [0.15, 0.2) is 0 Å². The van der Waals surface area contributed by atoms with E-state index in [-0.39, 0.29) is 18.7 Å². The Hall–Kier alpha value is -1.77. The lowest BCUT2D eigenvalue weighted by Gasteiger charge is -2.34. The van der Waals surface area contributed by atoms with E-state index in [2.05, 4.69) is 5.32 Å². The lowest BCUT2D eigenvalue weighted by molar-refractivity contribution is -0.138. The normalized spacial score (nSPS) is 17.5. The summed E-state index contributed by atoms with van der Waals surface area (Å²) in [6, 6.07) is 9.98. The number of nitrogens with zero attached hydrogens (tertiary/aromatic N) is 2. The van der Waals surface area contributed by atoms with Crippen LogP contribution in [0.15, 0.2) is 35.2 Å². The molecule has 0 saturated carbocycles. The Bertz CT molecular complexity index is 558.